The minimum absolute atomic E-state index is 0.234. The smallest absolute Gasteiger partial charge is 0.308 e. The predicted octanol–water partition coefficient (Wildman–Crippen LogP) is 2.13. The molecule has 6 nitrogen and oxygen atoms in total. The summed E-state index contributed by atoms with van der Waals surface area (Å²) in [6.45, 7) is 3.85. The van der Waals surface area contributed by atoms with Gasteiger partial charge in [0.15, 0.2) is 5.82 Å². The molecular weight excluding hydrogens is 312 g/mol. The summed E-state index contributed by atoms with van der Waals surface area (Å²) in [4.78, 5) is 10.9. The van der Waals surface area contributed by atoms with Crippen molar-refractivity contribution in [2.45, 2.75) is 20.4 Å². The third-order valence-electron chi connectivity index (χ3n) is 2.77. The molecule has 0 radical (unpaired) electrons. The van der Waals surface area contributed by atoms with Crippen molar-refractivity contribution in [3.63, 3.8) is 0 Å². The maximum atomic E-state index is 10.9. The van der Waals surface area contributed by atoms with Crippen LogP contribution in [0.1, 0.15) is 12.5 Å². The third-order valence-corrected chi connectivity index (χ3v) is 3.42. The SMILES string of the molecule is Cc1ccc(-c2nnnn2CC(C)C(=O)O)c(Br)c1. The van der Waals surface area contributed by atoms with Crippen LogP contribution < -0.4 is 0 Å². The molecule has 0 amide bonds. The van der Waals surface area contributed by atoms with E-state index >= 15 is 0 Å². The van der Waals surface area contributed by atoms with Crippen LogP contribution in [0.3, 0.4) is 0 Å². The van der Waals surface area contributed by atoms with Crippen molar-refractivity contribution in [3.05, 3.63) is 28.2 Å². The van der Waals surface area contributed by atoms with Crippen LogP contribution in [0.5, 0.6) is 0 Å². The fraction of sp³-hybridized carbons (Fsp3) is 0.333. The molecule has 0 aliphatic carbocycles. The van der Waals surface area contributed by atoms with Crippen molar-refractivity contribution in [2.75, 3.05) is 0 Å². The molecule has 100 valence electrons. The van der Waals surface area contributed by atoms with Gasteiger partial charge in [-0.2, -0.15) is 0 Å². The Hall–Kier alpha value is -1.76. The number of tetrazole rings is 1. The van der Waals surface area contributed by atoms with E-state index in [4.69, 9.17) is 5.11 Å². The van der Waals surface area contributed by atoms with Gasteiger partial charge in [0, 0.05) is 10.0 Å². The standard InChI is InChI=1S/C12H13BrN4O2/c1-7-3-4-9(10(13)5-7)11-14-15-16-17(11)6-8(2)12(18)19/h3-5,8H,6H2,1-2H3,(H,18,19). The molecule has 1 atom stereocenters. The molecule has 0 aliphatic rings. The molecule has 1 heterocycles. The second kappa shape index (κ2) is 5.48. The van der Waals surface area contributed by atoms with Crippen molar-refractivity contribution >= 4 is 21.9 Å². The number of benzene rings is 1. The summed E-state index contributed by atoms with van der Waals surface area (Å²) >= 11 is 3.47. The van der Waals surface area contributed by atoms with Crippen LogP contribution in [0.15, 0.2) is 22.7 Å². The average Bonchev–Trinajstić information content (AvgIpc) is 2.77. The fourth-order valence-corrected chi connectivity index (χ4v) is 2.33. The van der Waals surface area contributed by atoms with E-state index < -0.39 is 11.9 Å². The van der Waals surface area contributed by atoms with Crippen LogP contribution in [0, 0.1) is 12.8 Å². The molecule has 0 saturated carbocycles. The summed E-state index contributed by atoms with van der Waals surface area (Å²) < 4.78 is 2.39. The Bertz CT molecular complexity index is 612. The molecule has 19 heavy (non-hydrogen) atoms. The number of rotatable bonds is 4. The maximum absolute atomic E-state index is 10.9. The van der Waals surface area contributed by atoms with Crippen LogP contribution in [-0.4, -0.2) is 31.3 Å². The van der Waals surface area contributed by atoms with Gasteiger partial charge in [-0.1, -0.05) is 28.9 Å². The fourth-order valence-electron chi connectivity index (χ4n) is 1.66. The number of carbonyl (C=O) groups is 1. The molecule has 1 unspecified atom stereocenters. The Labute approximate surface area is 118 Å². The number of aliphatic carboxylic acids is 1. The number of nitrogens with zero attached hydrogens (tertiary/aromatic N) is 4. The quantitative estimate of drug-likeness (QED) is 0.931. The van der Waals surface area contributed by atoms with Gasteiger partial charge in [-0.25, -0.2) is 4.68 Å². The molecule has 1 aromatic carbocycles. The second-order valence-electron chi connectivity index (χ2n) is 4.41. The highest BCUT2D eigenvalue weighted by molar-refractivity contribution is 9.10. The van der Waals surface area contributed by atoms with Gasteiger partial charge >= 0.3 is 5.97 Å². The highest BCUT2D eigenvalue weighted by Gasteiger charge is 2.17. The molecule has 1 N–H and O–H groups in total. The number of halogens is 1. The lowest BCUT2D eigenvalue weighted by Gasteiger charge is -2.09. The van der Waals surface area contributed by atoms with E-state index in [0.717, 1.165) is 15.6 Å². The molecule has 0 bridgehead atoms. The number of carboxylic acids is 1. The van der Waals surface area contributed by atoms with Gasteiger partial charge in [0.05, 0.1) is 12.5 Å². The summed E-state index contributed by atoms with van der Waals surface area (Å²) in [5.74, 6) is -0.865. The first-order chi connectivity index (χ1) is 8.99. The van der Waals surface area contributed by atoms with Crippen molar-refractivity contribution in [2.24, 2.45) is 5.92 Å². The minimum Gasteiger partial charge on any atom is -0.481 e. The van der Waals surface area contributed by atoms with Gasteiger partial charge in [0.2, 0.25) is 0 Å². The van der Waals surface area contributed by atoms with Crippen molar-refractivity contribution in [1.29, 1.82) is 0 Å². The van der Waals surface area contributed by atoms with Gasteiger partial charge in [0.25, 0.3) is 0 Å². The summed E-state index contributed by atoms with van der Waals surface area (Å²) in [5.41, 5.74) is 1.96. The van der Waals surface area contributed by atoms with E-state index in [0.29, 0.717) is 5.82 Å². The normalized spacial score (nSPS) is 12.4. The zero-order chi connectivity index (χ0) is 14.0. The molecule has 7 heteroatoms. The first-order valence-electron chi connectivity index (χ1n) is 5.74. The van der Waals surface area contributed by atoms with Crippen LogP contribution in [-0.2, 0) is 11.3 Å². The summed E-state index contributed by atoms with van der Waals surface area (Å²) in [7, 11) is 0. The predicted molar refractivity (Wildman–Crippen MR) is 72.5 cm³/mol. The molecule has 2 aromatic rings. The van der Waals surface area contributed by atoms with Crippen molar-refractivity contribution < 1.29 is 9.90 Å². The first-order valence-corrected chi connectivity index (χ1v) is 6.54. The number of carboxylic acid groups (broad SMARTS) is 1. The minimum atomic E-state index is -0.871. The Morgan fingerprint density at radius 1 is 1.53 bits per heavy atom. The van der Waals surface area contributed by atoms with E-state index in [9.17, 15) is 4.79 Å². The van der Waals surface area contributed by atoms with E-state index in [-0.39, 0.29) is 6.54 Å². The maximum Gasteiger partial charge on any atom is 0.308 e. The monoisotopic (exact) mass is 324 g/mol. The third kappa shape index (κ3) is 2.98. The molecule has 0 aliphatic heterocycles. The number of aromatic nitrogens is 4. The zero-order valence-corrected chi connectivity index (χ0v) is 12.1. The number of hydrogen-bond acceptors (Lipinski definition) is 4. The molecule has 0 fully saturated rings. The number of hydrogen-bond donors (Lipinski definition) is 1. The van der Waals surface area contributed by atoms with E-state index in [1.807, 2.05) is 25.1 Å². The molecular formula is C12H13BrN4O2. The Morgan fingerprint density at radius 3 is 2.89 bits per heavy atom. The van der Waals surface area contributed by atoms with E-state index in [1.165, 1.54) is 4.68 Å². The highest BCUT2D eigenvalue weighted by Crippen LogP contribution is 2.27. The second-order valence-corrected chi connectivity index (χ2v) is 5.26. The summed E-state index contributed by atoms with van der Waals surface area (Å²) in [6.07, 6.45) is 0. The van der Waals surface area contributed by atoms with Crippen LogP contribution in [0.25, 0.3) is 11.4 Å². The molecule has 2 rings (SSSR count). The topological polar surface area (TPSA) is 80.9 Å². The van der Waals surface area contributed by atoms with Crippen LogP contribution in [0.2, 0.25) is 0 Å². The molecule has 0 saturated heterocycles. The highest BCUT2D eigenvalue weighted by atomic mass is 79.9. The average molecular weight is 325 g/mol. The van der Waals surface area contributed by atoms with Gasteiger partial charge in [-0.3, -0.25) is 4.79 Å². The molecule has 0 spiro atoms. The Kier molecular flexibility index (Phi) is 3.94. The van der Waals surface area contributed by atoms with Crippen LogP contribution in [0.4, 0.5) is 0 Å². The Balaban J connectivity index is 2.36. The van der Waals surface area contributed by atoms with E-state index in [2.05, 4.69) is 31.5 Å². The van der Waals surface area contributed by atoms with Crippen molar-refractivity contribution in [3.8, 4) is 11.4 Å². The largest absolute Gasteiger partial charge is 0.481 e. The van der Waals surface area contributed by atoms with Gasteiger partial charge in [-0.15, -0.1) is 5.10 Å². The lowest BCUT2D eigenvalue weighted by molar-refractivity contribution is -0.141. The summed E-state index contributed by atoms with van der Waals surface area (Å²) in [5, 5.41) is 20.4. The van der Waals surface area contributed by atoms with Crippen molar-refractivity contribution in [1.82, 2.24) is 20.2 Å². The zero-order valence-electron chi connectivity index (χ0n) is 10.5. The molecule has 1 aromatic heterocycles. The lowest BCUT2D eigenvalue weighted by atomic mass is 10.1. The van der Waals surface area contributed by atoms with Gasteiger partial charge in [0.1, 0.15) is 0 Å². The summed E-state index contributed by atoms with van der Waals surface area (Å²) in [6, 6.07) is 5.84. The van der Waals surface area contributed by atoms with Gasteiger partial charge in [-0.05, 0) is 35.0 Å². The first kappa shape index (κ1) is 13.7. The van der Waals surface area contributed by atoms with Crippen LogP contribution >= 0.6 is 15.9 Å². The lowest BCUT2D eigenvalue weighted by Crippen LogP contribution is -2.18. The Morgan fingerprint density at radius 2 is 2.26 bits per heavy atom. The van der Waals surface area contributed by atoms with E-state index in [1.54, 1.807) is 6.92 Å². The number of aryl methyl sites for hydroxylation is 1. The van der Waals surface area contributed by atoms with Gasteiger partial charge < -0.3 is 5.11 Å².